The van der Waals surface area contributed by atoms with Crippen molar-refractivity contribution in [2.75, 3.05) is 13.7 Å². The van der Waals surface area contributed by atoms with Crippen LogP contribution in [0.25, 0.3) is 0 Å². The van der Waals surface area contributed by atoms with Crippen LogP contribution in [0.15, 0.2) is 47.8 Å². The fraction of sp³-hybridized carbons (Fsp3) is 0.350. The number of carbonyl (C=O) groups is 1. The molecule has 142 valence electrons. The van der Waals surface area contributed by atoms with Crippen molar-refractivity contribution in [3.63, 3.8) is 0 Å². The molecule has 0 fully saturated rings. The van der Waals surface area contributed by atoms with E-state index < -0.39 is 5.97 Å². The summed E-state index contributed by atoms with van der Waals surface area (Å²) in [6.07, 6.45) is 3.90. The van der Waals surface area contributed by atoms with Gasteiger partial charge in [-0.3, -0.25) is 0 Å². The standard InChI is InChI=1S/C20H22N2O5/c1-3-4-11-25-15-7-5-14(6-8-15)18-12-19(22-27-18)26-16-9-10-17(21-13-16)20(23)24-2/h5-10,13,18H,3-4,11-12H2,1-2H3/t18-/m0/s1. The summed E-state index contributed by atoms with van der Waals surface area (Å²) in [6, 6.07) is 11.0. The van der Waals surface area contributed by atoms with Gasteiger partial charge in [-0.15, -0.1) is 0 Å². The second-order valence-electron chi connectivity index (χ2n) is 6.03. The molecule has 0 saturated heterocycles. The van der Waals surface area contributed by atoms with Crippen molar-refractivity contribution < 1.29 is 23.8 Å². The maximum absolute atomic E-state index is 11.4. The summed E-state index contributed by atoms with van der Waals surface area (Å²) in [5, 5.41) is 3.99. The highest BCUT2D eigenvalue weighted by Crippen LogP contribution is 2.29. The number of carbonyl (C=O) groups excluding carboxylic acids is 1. The molecule has 0 radical (unpaired) electrons. The van der Waals surface area contributed by atoms with Crippen molar-refractivity contribution in [2.45, 2.75) is 32.3 Å². The highest BCUT2D eigenvalue weighted by Gasteiger charge is 2.24. The average molecular weight is 370 g/mol. The van der Waals surface area contributed by atoms with E-state index in [0.29, 0.717) is 18.1 Å². The molecule has 27 heavy (non-hydrogen) atoms. The highest BCUT2D eigenvalue weighted by atomic mass is 16.7. The van der Waals surface area contributed by atoms with Crippen LogP contribution in [0.3, 0.4) is 0 Å². The largest absolute Gasteiger partial charge is 0.494 e. The van der Waals surface area contributed by atoms with E-state index in [9.17, 15) is 4.79 Å². The molecule has 7 nitrogen and oxygen atoms in total. The first-order chi connectivity index (χ1) is 13.2. The number of methoxy groups -OCH3 is 1. The topological polar surface area (TPSA) is 79.2 Å². The van der Waals surface area contributed by atoms with Gasteiger partial charge in [0.15, 0.2) is 6.10 Å². The van der Waals surface area contributed by atoms with E-state index in [1.807, 2.05) is 24.3 Å². The smallest absolute Gasteiger partial charge is 0.356 e. The van der Waals surface area contributed by atoms with Gasteiger partial charge in [-0.05, 0) is 36.2 Å². The quantitative estimate of drug-likeness (QED) is 0.543. The van der Waals surface area contributed by atoms with Gasteiger partial charge in [-0.1, -0.05) is 30.6 Å². The third kappa shape index (κ3) is 4.97. The lowest BCUT2D eigenvalue weighted by Gasteiger charge is -2.10. The molecule has 1 aromatic carbocycles. The molecule has 0 amide bonds. The van der Waals surface area contributed by atoms with Crippen LogP contribution in [0.5, 0.6) is 11.5 Å². The van der Waals surface area contributed by atoms with Crippen molar-refractivity contribution in [3.8, 4) is 11.5 Å². The lowest BCUT2D eigenvalue weighted by molar-refractivity contribution is 0.0594. The zero-order valence-electron chi connectivity index (χ0n) is 15.4. The van der Waals surface area contributed by atoms with Crippen LogP contribution < -0.4 is 9.47 Å². The van der Waals surface area contributed by atoms with Gasteiger partial charge in [0.05, 0.1) is 26.3 Å². The van der Waals surface area contributed by atoms with Crippen LogP contribution in [0.4, 0.5) is 0 Å². The number of nitrogens with zero attached hydrogens (tertiary/aromatic N) is 2. The predicted molar refractivity (Wildman–Crippen MR) is 98.9 cm³/mol. The van der Waals surface area contributed by atoms with Crippen LogP contribution in [0.1, 0.15) is 48.3 Å². The van der Waals surface area contributed by atoms with Gasteiger partial charge in [0.1, 0.15) is 17.2 Å². The molecule has 2 aromatic rings. The van der Waals surface area contributed by atoms with E-state index >= 15 is 0 Å². The number of rotatable bonds is 7. The molecule has 0 unspecified atom stereocenters. The number of ether oxygens (including phenoxy) is 3. The molecule has 0 spiro atoms. The summed E-state index contributed by atoms with van der Waals surface area (Å²) in [4.78, 5) is 20.9. The minimum atomic E-state index is -0.495. The van der Waals surface area contributed by atoms with Crippen molar-refractivity contribution in [3.05, 3.63) is 53.9 Å². The molecule has 7 heteroatoms. The SMILES string of the molecule is CCCCOc1ccc([C@@H]2CC(Oc3ccc(C(=O)OC)nc3)=NO2)cc1. The summed E-state index contributed by atoms with van der Waals surface area (Å²) >= 11 is 0. The summed E-state index contributed by atoms with van der Waals surface area (Å²) in [5.41, 5.74) is 1.22. The molecule has 1 aliphatic heterocycles. The first-order valence-electron chi connectivity index (χ1n) is 8.87. The maximum Gasteiger partial charge on any atom is 0.356 e. The Morgan fingerprint density at radius 1 is 1.19 bits per heavy atom. The number of aromatic nitrogens is 1. The van der Waals surface area contributed by atoms with Crippen molar-refractivity contribution in [1.29, 1.82) is 0 Å². The molecule has 3 rings (SSSR count). The van der Waals surface area contributed by atoms with Crippen molar-refractivity contribution in [1.82, 2.24) is 4.98 Å². The number of oxime groups is 1. The van der Waals surface area contributed by atoms with Gasteiger partial charge in [-0.25, -0.2) is 9.78 Å². The van der Waals surface area contributed by atoms with Gasteiger partial charge in [0.2, 0.25) is 5.90 Å². The Hall–Kier alpha value is -3.09. The van der Waals surface area contributed by atoms with Crippen LogP contribution in [0, 0.1) is 0 Å². The Kier molecular flexibility index (Phi) is 6.25. The minimum Gasteiger partial charge on any atom is -0.494 e. The number of esters is 1. The van der Waals surface area contributed by atoms with Gasteiger partial charge in [0, 0.05) is 0 Å². The predicted octanol–water partition coefficient (Wildman–Crippen LogP) is 3.90. The molecule has 0 bridgehead atoms. The lowest BCUT2D eigenvalue weighted by atomic mass is 10.1. The number of benzene rings is 1. The molecule has 1 aliphatic rings. The van der Waals surface area contributed by atoms with E-state index in [4.69, 9.17) is 14.3 Å². The fourth-order valence-corrected chi connectivity index (χ4v) is 2.51. The van der Waals surface area contributed by atoms with Crippen LogP contribution in [-0.4, -0.2) is 30.6 Å². The first kappa shape index (κ1) is 18.7. The molecule has 0 N–H and O–H groups in total. The second-order valence-corrected chi connectivity index (χ2v) is 6.03. The van der Waals surface area contributed by atoms with E-state index in [2.05, 4.69) is 21.8 Å². The Balaban J connectivity index is 1.53. The number of hydrogen-bond acceptors (Lipinski definition) is 7. The Labute approximate surface area is 157 Å². The lowest BCUT2D eigenvalue weighted by Crippen LogP contribution is -2.09. The van der Waals surface area contributed by atoms with Crippen molar-refractivity contribution >= 4 is 11.9 Å². The maximum atomic E-state index is 11.4. The monoisotopic (exact) mass is 370 g/mol. The van der Waals surface area contributed by atoms with Gasteiger partial charge in [0.25, 0.3) is 0 Å². The van der Waals surface area contributed by atoms with E-state index in [1.165, 1.54) is 19.4 Å². The Morgan fingerprint density at radius 3 is 2.63 bits per heavy atom. The van der Waals surface area contributed by atoms with Crippen LogP contribution in [0.2, 0.25) is 0 Å². The van der Waals surface area contributed by atoms with Crippen LogP contribution >= 0.6 is 0 Å². The molecule has 1 aromatic heterocycles. The zero-order valence-corrected chi connectivity index (χ0v) is 15.4. The number of unbranched alkanes of at least 4 members (excludes halogenated alkanes) is 1. The van der Waals surface area contributed by atoms with Crippen LogP contribution in [-0.2, 0) is 9.57 Å². The van der Waals surface area contributed by atoms with E-state index in [1.54, 1.807) is 6.07 Å². The summed E-state index contributed by atoms with van der Waals surface area (Å²) in [5.74, 6) is 1.28. The third-order valence-electron chi connectivity index (χ3n) is 4.03. The summed E-state index contributed by atoms with van der Waals surface area (Å²) in [6.45, 7) is 2.85. The normalized spacial score (nSPS) is 15.6. The minimum absolute atomic E-state index is 0.202. The van der Waals surface area contributed by atoms with E-state index in [-0.39, 0.29) is 11.8 Å². The molecular weight excluding hydrogens is 348 g/mol. The number of hydrogen-bond donors (Lipinski definition) is 0. The van der Waals surface area contributed by atoms with Gasteiger partial charge < -0.3 is 19.0 Å². The first-order valence-corrected chi connectivity index (χ1v) is 8.87. The third-order valence-corrected chi connectivity index (χ3v) is 4.03. The molecule has 2 heterocycles. The Morgan fingerprint density at radius 2 is 1.96 bits per heavy atom. The number of pyridine rings is 1. The summed E-state index contributed by atoms with van der Waals surface area (Å²) < 4.78 is 15.9. The molecule has 0 saturated carbocycles. The molecular formula is C20H22N2O5. The molecule has 0 aliphatic carbocycles. The second kappa shape index (κ2) is 9.02. The molecule has 1 atom stereocenters. The van der Waals surface area contributed by atoms with E-state index in [0.717, 1.165) is 30.8 Å². The average Bonchev–Trinajstić information content (AvgIpc) is 3.17. The Bertz CT molecular complexity index is 787. The van der Waals surface area contributed by atoms with Gasteiger partial charge >= 0.3 is 5.97 Å². The van der Waals surface area contributed by atoms with Gasteiger partial charge in [-0.2, -0.15) is 0 Å². The highest BCUT2D eigenvalue weighted by molar-refractivity contribution is 5.87. The fourth-order valence-electron chi connectivity index (χ4n) is 2.51. The summed E-state index contributed by atoms with van der Waals surface area (Å²) in [7, 11) is 1.31. The zero-order chi connectivity index (χ0) is 19.1. The van der Waals surface area contributed by atoms with Crippen molar-refractivity contribution in [2.24, 2.45) is 5.16 Å².